The van der Waals surface area contributed by atoms with Gasteiger partial charge in [0.2, 0.25) is 0 Å². The van der Waals surface area contributed by atoms with Crippen LogP contribution in [0.2, 0.25) is 0 Å². The highest BCUT2D eigenvalue weighted by Gasteiger charge is 2.28. The van der Waals surface area contributed by atoms with Gasteiger partial charge < -0.3 is 5.32 Å². The van der Waals surface area contributed by atoms with Crippen LogP contribution >= 0.6 is 11.3 Å². The van der Waals surface area contributed by atoms with Crippen molar-refractivity contribution in [1.29, 1.82) is 0 Å². The zero-order valence-electron chi connectivity index (χ0n) is 13.4. The van der Waals surface area contributed by atoms with Crippen molar-refractivity contribution in [3.8, 4) is 0 Å². The number of rotatable bonds is 6. The van der Waals surface area contributed by atoms with Gasteiger partial charge in [0.05, 0.1) is 0 Å². The van der Waals surface area contributed by atoms with Crippen LogP contribution in [-0.4, -0.2) is 6.54 Å². The Morgan fingerprint density at radius 2 is 2.19 bits per heavy atom. The fraction of sp³-hybridized carbons (Fsp3) is 0.579. The quantitative estimate of drug-likeness (QED) is 0.733. The van der Waals surface area contributed by atoms with Crippen molar-refractivity contribution >= 4 is 17.0 Å². The van der Waals surface area contributed by atoms with Gasteiger partial charge in [0, 0.05) is 27.6 Å². The van der Waals surface area contributed by atoms with Crippen LogP contribution in [0.4, 0.5) is 0 Å². The molecule has 2 atom stereocenters. The van der Waals surface area contributed by atoms with Crippen LogP contribution in [0.15, 0.2) is 19.2 Å². The van der Waals surface area contributed by atoms with E-state index in [1.54, 1.807) is 10.4 Å². The van der Waals surface area contributed by atoms with E-state index in [2.05, 4.69) is 38.4 Å². The fourth-order valence-electron chi connectivity index (χ4n) is 3.46. The van der Waals surface area contributed by atoms with E-state index < -0.39 is 0 Å². The number of hydrogen-bond acceptors (Lipinski definition) is 2. The minimum absolute atomic E-state index is 0.610. The van der Waals surface area contributed by atoms with Crippen molar-refractivity contribution in [1.82, 2.24) is 5.32 Å². The van der Waals surface area contributed by atoms with Gasteiger partial charge in [0.1, 0.15) is 0 Å². The van der Waals surface area contributed by atoms with Crippen molar-refractivity contribution in [2.75, 3.05) is 6.54 Å². The number of fused-ring (bicyclic) bond motifs is 1. The summed E-state index contributed by atoms with van der Waals surface area (Å²) >= 11 is 1.99. The summed E-state index contributed by atoms with van der Waals surface area (Å²) in [6, 6.07) is 0. The van der Waals surface area contributed by atoms with Crippen molar-refractivity contribution in [2.24, 2.45) is 17.8 Å². The summed E-state index contributed by atoms with van der Waals surface area (Å²) in [6.07, 6.45) is 8.64. The molecular formula is C19H27NS. The molecule has 0 radical (unpaired) electrons. The first kappa shape index (κ1) is 14.9. The number of aryl methyl sites for hydroxylation is 2. The summed E-state index contributed by atoms with van der Waals surface area (Å²) in [7, 11) is 0. The summed E-state index contributed by atoms with van der Waals surface area (Å²) < 4.78 is 0. The average Bonchev–Trinajstić information content (AvgIpc) is 3.24. The number of allylic oxidation sites excluding steroid dienone is 1. The smallest absolute Gasteiger partial charge is 0.0354 e. The number of hydrogen-bond donors (Lipinski definition) is 1. The molecule has 114 valence electrons. The molecule has 3 rings (SSSR count). The fourth-order valence-corrected chi connectivity index (χ4v) is 4.71. The zero-order chi connectivity index (χ0) is 15.0. The van der Waals surface area contributed by atoms with E-state index in [1.807, 2.05) is 11.3 Å². The minimum Gasteiger partial charge on any atom is -0.385 e. The van der Waals surface area contributed by atoms with Gasteiger partial charge in [-0.1, -0.05) is 19.6 Å². The lowest BCUT2D eigenvalue weighted by Gasteiger charge is -2.27. The molecule has 0 aromatic carbocycles. The molecule has 0 spiro atoms. The molecular weight excluding hydrogens is 274 g/mol. The Hall–Kier alpha value is -1.02. The first-order valence-electron chi connectivity index (χ1n) is 8.27. The van der Waals surface area contributed by atoms with Crippen LogP contribution in [-0.2, 0) is 12.8 Å². The normalized spacial score (nSPS) is 22.5. The van der Waals surface area contributed by atoms with Gasteiger partial charge in [-0.15, -0.1) is 17.9 Å². The molecule has 1 nitrogen and oxygen atoms in total. The Morgan fingerprint density at radius 1 is 1.43 bits per heavy atom. The maximum Gasteiger partial charge on any atom is 0.0354 e. The van der Waals surface area contributed by atoms with Crippen molar-refractivity contribution in [2.45, 2.75) is 46.0 Å². The number of thiophene rings is 1. The second-order valence-corrected chi connectivity index (χ2v) is 8.14. The lowest BCUT2D eigenvalue weighted by molar-refractivity contribution is 0.375. The van der Waals surface area contributed by atoms with E-state index in [9.17, 15) is 0 Å². The van der Waals surface area contributed by atoms with Gasteiger partial charge in [0.15, 0.2) is 0 Å². The van der Waals surface area contributed by atoms with Crippen LogP contribution in [0.5, 0.6) is 0 Å². The van der Waals surface area contributed by atoms with E-state index in [0.717, 1.165) is 24.1 Å². The molecule has 0 saturated heterocycles. The highest BCUT2D eigenvalue weighted by molar-refractivity contribution is 7.12. The predicted molar refractivity (Wildman–Crippen MR) is 93.7 cm³/mol. The van der Waals surface area contributed by atoms with E-state index in [1.165, 1.54) is 42.5 Å². The van der Waals surface area contributed by atoms with Crippen LogP contribution in [0.1, 0.15) is 47.1 Å². The van der Waals surface area contributed by atoms with Gasteiger partial charge in [-0.05, 0) is 62.3 Å². The van der Waals surface area contributed by atoms with Crippen molar-refractivity contribution in [3.63, 3.8) is 0 Å². The molecule has 0 amide bonds. The molecule has 1 saturated carbocycles. The SMILES string of the molecule is C=CC(C)C1CCc2sc(C)c(C(=C)NCC3CC3)c2C1. The highest BCUT2D eigenvalue weighted by atomic mass is 32.1. The third-order valence-corrected chi connectivity index (χ3v) is 6.40. The van der Waals surface area contributed by atoms with Gasteiger partial charge in [-0.25, -0.2) is 0 Å². The summed E-state index contributed by atoms with van der Waals surface area (Å²) in [5.41, 5.74) is 4.16. The standard InChI is InChI=1S/C19H27NS/c1-5-12(2)16-8-9-18-17(10-16)19(14(4)21-18)13(3)20-11-15-6-7-15/h5,12,15-16,20H,1,3,6-11H2,2,4H3. The zero-order valence-corrected chi connectivity index (χ0v) is 14.2. The Morgan fingerprint density at radius 3 is 2.86 bits per heavy atom. The summed E-state index contributed by atoms with van der Waals surface area (Å²) in [4.78, 5) is 3.05. The lowest BCUT2D eigenvalue weighted by Crippen LogP contribution is -2.21. The lowest BCUT2D eigenvalue weighted by atomic mass is 9.79. The molecule has 21 heavy (non-hydrogen) atoms. The predicted octanol–water partition coefficient (Wildman–Crippen LogP) is 4.95. The Balaban J connectivity index is 1.79. The molecule has 1 aromatic heterocycles. The summed E-state index contributed by atoms with van der Waals surface area (Å²) in [6.45, 7) is 14.0. The minimum atomic E-state index is 0.610. The van der Waals surface area contributed by atoms with Crippen LogP contribution in [0.25, 0.3) is 5.70 Å². The Labute approximate surface area is 133 Å². The second-order valence-electron chi connectivity index (χ2n) is 6.84. The monoisotopic (exact) mass is 301 g/mol. The third kappa shape index (κ3) is 3.11. The van der Waals surface area contributed by atoms with Crippen LogP contribution < -0.4 is 5.32 Å². The molecule has 2 aliphatic rings. The van der Waals surface area contributed by atoms with Crippen molar-refractivity contribution < 1.29 is 0 Å². The highest BCUT2D eigenvalue weighted by Crippen LogP contribution is 2.40. The molecule has 1 N–H and O–H groups in total. The molecule has 2 unspecified atom stereocenters. The molecule has 2 aliphatic carbocycles. The molecule has 0 aliphatic heterocycles. The van der Waals surface area contributed by atoms with E-state index >= 15 is 0 Å². The van der Waals surface area contributed by atoms with Crippen LogP contribution in [0.3, 0.4) is 0 Å². The first-order valence-corrected chi connectivity index (χ1v) is 9.08. The second kappa shape index (κ2) is 6.00. The van der Waals surface area contributed by atoms with Gasteiger partial charge in [-0.3, -0.25) is 0 Å². The Bertz CT molecular complexity index is 550. The van der Waals surface area contributed by atoms with Crippen LogP contribution in [0, 0.1) is 24.7 Å². The molecule has 1 heterocycles. The average molecular weight is 301 g/mol. The maximum atomic E-state index is 4.33. The van der Waals surface area contributed by atoms with E-state index in [4.69, 9.17) is 0 Å². The largest absolute Gasteiger partial charge is 0.385 e. The molecule has 1 aromatic rings. The molecule has 0 bridgehead atoms. The van der Waals surface area contributed by atoms with Gasteiger partial charge in [-0.2, -0.15) is 0 Å². The third-order valence-electron chi connectivity index (χ3n) is 5.19. The maximum absolute atomic E-state index is 4.33. The molecule has 1 fully saturated rings. The number of nitrogens with one attached hydrogen (secondary N) is 1. The summed E-state index contributed by atoms with van der Waals surface area (Å²) in [5, 5.41) is 3.59. The summed E-state index contributed by atoms with van der Waals surface area (Å²) in [5.74, 6) is 2.25. The van der Waals surface area contributed by atoms with Gasteiger partial charge in [0.25, 0.3) is 0 Å². The molecule has 2 heteroatoms. The first-order chi connectivity index (χ1) is 10.1. The topological polar surface area (TPSA) is 12.0 Å². The van der Waals surface area contributed by atoms with Gasteiger partial charge >= 0.3 is 0 Å². The Kier molecular flexibility index (Phi) is 4.26. The van der Waals surface area contributed by atoms with E-state index in [0.29, 0.717) is 5.92 Å². The van der Waals surface area contributed by atoms with E-state index in [-0.39, 0.29) is 0 Å². The van der Waals surface area contributed by atoms with Crippen molar-refractivity contribution in [3.05, 3.63) is 40.1 Å².